The van der Waals surface area contributed by atoms with Crippen LogP contribution in [0.5, 0.6) is 0 Å². The van der Waals surface area contributed by atoms with E-state index in [0.29, 0.717) is 11.7 Å². The Balaban J connectivity index is 2.58. The number of aryl methyl sites for hydroxylation is 2. The van der Waals surface area contributed by atoms with E-state index in [4.69, 9.17) is 0 Å². The third-order valence-electron chi connectivity index (χ3n) is 2.87. The van der Waals surface area contributed by atoms with Crippen LogP contribution in [0.2, 0.25) is 0 Å². The smallest absolute Gasteiger partial charge is 0.240 e. The van der Waals surface area contributed by atoms with Gasteiger partial charge in [-0.05, 0) is 47.6 Å². The van der Waals surface area contributed by atoms with Crippen molar-refractivity contribution < 1.29 is 9.59 Å². The first-order valence-corrected chi connectivity index (χ1v) is 8.63. The van der Waals surface area contributed by atoms with Gasteiger partial charge in [0, 0.05) is 23.5 Å². The molecule has 0 radical (unpaired) electrons. The SMILES string of the molecule is CCN(CC(=O)NC(C)(C)C)C(=O)CSc1nc(C)cc(C)n1. The van der Waals surface area contributed by atoms with E-state index in [1.54, 1.807) is 0 Å². The lowest BCUT2D eigenvalue weighted by molar-refractivity contribution is -0.134. The highest BCUT2D eigenvalue weighted by Gasteiger charge is 2.19. The standard InChI is InChI=1S/C16H26N4O2S/c1-7-20(9-13(21)19-16(4,5)6)14(22)10-23-15-17-11(2)8-12(3)18-15/h8H,7,9-10H2,1-6H3,(H,19,21). The largest absolute Gasteiger partial charge is 0.350 e. The molecule has 1 aromatic heterocycles. The number of hydrogen-bond donors (Lipinski definition) is 1. The molecule has 0 aliphatic heterocycles. The maximum atomic E-state index is 12.3. The summed E-state index contributed by atoms with van der Waals surface area (Å²) in [4.78, 5) is 34.4. The van der Waals surface area contributed by atoms with Gasteiger partial charge >= 0.3 is 0 Å². The maximum absolute atomic E-state index is 12.3. The average Bonchev–Trinajstić information content (AvgIpc) is 2.39. The van der Waals surface area contributed by atoms with Gasteiger partial charge in [0.2, 0.25) is 11.8 Å². The van der Waals surface area contributed by atoms with Crippen molar-refractivity contribution in [3.05, 3.63) is 17.5 Å². The average molecular weight is 338 g/mol. The molecule has 0 spiro atoms. The van der Waals surface area contributed by atoms with Crippen molar-refractivity contribution in [3.8, 4) is 0 Å². The van der Waals surface area contributed by atoms with Crippen molar-refractivity contribution in [1.29, 1.82) is 0 Å². The number of nitrogens with zero attached hydrogens (tertiary/aromatic N) is 3. The third kappa shape index (κ3) is 7.45. The summed E-state index contributed by atoms with van der Waals surface area (Å²) in [6.45, 7) is 12.0. The Morgan fingerprint density at radius 3 is 2.26 bits per heavy atom. The van der Waals surface area contributed by atoms with Crippen LogP contribution < -0.4 is 5.32 Å². The summed E-state index contributed by atoms with van der Waals surface area (Å²) in [5.74, 6) is -0.0239. The van der Waals surface area contributed by atoms with Gasteiger partial charge in [-0.15, -0.1) is 0 Å². The number of carbonyl (C=O) groups excluding carboxylic acids is 2. The van der Waals surface area contributed by atoms with Crippen molar-refractivity contribution in [2.75, 3.05) is 18.8 Å². The molecule has 1 rings (SSSR count). The molecule has 0 atom stereocenters. The molecule has 0 aliphatic carbocycles. The van der Waals surface area contributed by atoms with Gasteiger partial charge in [0.1, 0.15) is 0 Å². The maximum Gasteiger partial charge on any atom is 0.240 e. The van der Waals surface area contributed by atoms with Crippen LogP contribution >= 0.6 is 11.8 Å². The predicted molar refractivity (Wildman–Crippen MR) is 92.4 cm³/mol. The minimum atomic E-state index is -0.304. The number of thioether (sulfide) groups is 1. The zero-order chi connectivity index (χ0) is 17.6. The fraction of sp³-hybridized carbons (Fsp3) is 0.625. The highest BCUT2D eigenvalue weighted by Crippen LogP contribution is 2.14. The molecule has 0 aliphatic rings. The summed E-state index contributed by atoms with van der Waals surface area (Å²) in [5.41, 5.74) is 1.45. The number of nitrogens with one attached hydrogen (secondary N) is 1. The normalized spacial score (nSPS) is 11.2. The second-order valence-corrected chi connectivity index (χ2v) is 7.37. The Hall–Kier alpha value is -1.63. The summed E-state index contributed by atoms with van der Waals surface area (Å²) in [6.07, 6.45) is 0. The van der Waals surface area contributed by atoms with E-state index in [0.717, 1.165) is 11.4 Å². The third-order valence-corrected chi connectivity index (χ3v) is 3.70. The van der Waals surface area contributed by atoms with Crippen molar-refractivity contribution in [2.24, 2.45) is 0 Å². The number of hydrogen-bond acceptors (Lipinski definition) is 5. The van der Waals surface area contributed by atoms with Crippen LogP contribution in [0.1, 0.15) is 39.1 Å². The number of rotatable bonds is 6. The molecular formula is C16H26N4O2S. The molecule has 0 saturated carbocycles. The number of aromatic nitrogens is 2. The molecule has 6 nitrogen and oxygen atoms in total. The number of amides is 2. The molecule has 0 bridgehead atoms. The topological polar surface area (TPSA) is 75.2 Å². The molecular weight excluding hydrogens is 312 g/mol. The van der Waals surface area contributed by atoms with Crippen molar-refractivity contribution in [1.82, 2.24) is 20.2 Å². The monoisotopic (exact) mass is 338 g/mol. The minimum absolute atomic E-state index is 0.0703. The van der Waals surface area contributed by atoms with Crippen LogP contribution in [-0.4, -0.2) is 51.1 Å². The summed E-state index contributed by atoms with van der Waals surface area (Å²) in [5, 5.41) is 3.45. The van der Waals surface area contributed by atoms with E-state index in [2.05, 4.69) is 15.3 Å². The Morgan fingerprint density at radius 2 is 1.78 bits per heavy atom. The van der Waals surface area contributed by atoms with E-state index < -0.39 is 0 Å². The van der Waals surface area contributed by atoms with Crippen LogP contribution in [0, 0.1) is 13.8 Å². The molecule has 2 amide bonds. The first-order valence-electron chi connectivity index (χ1n) is 7.64. The van der Waals surface area contributed by atoms with E-state index in [-0.39, 0.29) is 29.7 Å². The Labute approximate surface area is 142 Å². The molecule has 1 heterocycles. The zero-order valence-electron chi connectivity index (χ0n) is 14.8. The predicted octanol–water partition coefficient (Wildman–Crippen LogP) is 1.95. The van der Waals surface area contributed by atoms with Gasteiger partial charge in [0.05, 0.1) is 12.3 Å². The molecule has 0 fully saturated rings. The van der Waals surface area contributed by atoms with Gasteiger partial charge in [-0.2, -0.15) is 0 Å². The summed E-state index contributed by atoms with van der Waals surface area (Å²) < 4.78 is 0. The quantitative estimate of drug-likeness (QED) is 0.634. The highest BCUT2D eigenvalue weighted by atomic mass is 32.2. The van der Waals surface area contributed by atoms with Crippen molar-refractivity contribution >= 4 is 23.6 Å². The number of carbonyl (C=O) groups is 2. The van der Waals surface area contributed by atoms with Gasteiger partial charge in [-0.1, -0.05) is 11.8 Å². The minimum Gasteiger partial charge on any atom is -0.350 e. The highest BCUT2D eigenvalue weighted by molar-refractivity contribution is 7.99. The first-order chi connectivity index (χ1) is 10.6. The van der Waals surface area contributed by atoms with E-state index in [9.17, 15) is 9.59 Å². The van der Waals surface area contributed by atoms with Gasteiger partial charge < -0.3 is 10.2 Å². The molecule has 0 saturated heterocycles. The van der Waals surface area contributed by atoms with Crippen molar-refractivity contribution in [3.63, 3.8) is 0 Å². The lowest BCUT2D eigenvalue weighted by atomic mass is 10.1. The Bertz CT molecular complexity index is 549. The molecule has 0 aromatic carbocycles. The summed E-state index contributed by atoms with van der Waals surface area (Å²) in [6, 6.07) is 1.89. The fourth-order valence-electron chi connectivity index (χ4n) is 1.98. The van der Waals surface area contributed by atoms with E-state index in [1.165, 1.54) is 16.7 Å². The molecule has 128 valence electrons. The summed E-state index contributed by atoms with van der Waals surface area (Å²) >= 11 is 1.30. The van der Waals surface area contributed by atoms with Crippen LogP contribution in [0.15, 0.2) is 11.2 Å². The van der Waals surface area contributed by atoms with Crippen LogP contribution in [0.3, 0.4) is 0 Å². The van der Waals surface area contributed by atoms with Crippen LogP contribution in [0.4, 0.5) is 0 Å². The second kappa shape index (κ2) is 8.29. The van der Waals surface area contributed by atoms with Gasteiger partial charge in [0.25, 0.3) is 0 Å². The van der Waals surface area contributed by atoms with Crippen LogP contribution in [-0.2, 0) is 9.59 Å². The van der Waals surface area contributed by atoms with Crippen molar-refractivity contribution in [2.45, 2.75) is 52.2 Å². The fourth-order valence-corrected chi connectivity index (χ4v) is 2.84. The van der Waals surface area contributed by atoms with Crippen LogP contribution in [0.25, 0.3) is 0 Å². The molecule has 1 N–H and O–H groups in total. The van der Waals surface area contributed by atoms with E-state index in [1.807, 2.05) is 47.6 Å². The lowest BCUT2D eigenvalue weighted by Crippen LogP contribution is -2.47. The Kier molecular flexibility index (Phi) is 7.00. The molecule has 1 aromatic rings. The Morgan fingerprint density at radius 1 is 1.22 bits per heavy atom. The van der Waals surface area contributed by atoms with Gasteiger partial charge in [-0.3, -0.25) is 9.59 Å². The zero-order valence-corrected chi connectivity index (χ0v) is 15.6. The van der Waals surface area contributed by atoms with E-state index >= 15 is 0 Å². The lowest BCUT2D eigenvalue weighted by Gasteiger charge is -2.25. The molecule has 7 heteroatoms. The second-order valence-electron chi connectivity index (χ2n) is 6.43. The molecule has 23 heavy (non-hydrogen) atoms. The molecule has 0 unspecified atom stereocenters. The van der Waals surface area contributed by atoms with Gasteiger partial charge in [0.15, 0.2) is 5.16 Å². The first kappa shape index (κ1) is 19.4. The number of likely N-dealkylation sites (N-methyl/N-ethyl adjacent to an activating group) is 1. The summed E-state index contributed by atoms with van der Waals surface area (Å²) in [7, 11) is 0. The van der Waals surface area contributed by atoms with Gasteiger partial charge in [-0.25, -0.2) is 9.97 Å².